The molecule has 1 aliphatic rings. The Bertz CT molecular complexity index is 661. The molecule has 0 atom stereocenters. The highest BCUT2D eigenvalue weighted by molar-refractivity contribution is 5.95. The predicted octanol–water partition coefficient (Wildman–Crippen LogP) is 2.91. The van der Waals surface area contributed by atoms with E-state index in [9.17, 15) is 4.79 Å². The van der Waals surface area contributed by atoms with Crippen LogP contribution in [-0.2, 0) is 0 Å². The highest BCUT2D eigenvalue weighted by atomic mass is 16.2. The normalized spacial score (nSPS) is 15.9. The Balaban J connectivity index is 1.74. The van der Waals surface area contributed by atoms with Gasteiger partial charge in [-0.1, -0.05) is 18.2 Å². The fraction of sp³-hybridized carbons (Fsp3) is 0.368. The van der Waals surface area contributed by atoms with Crippen molar-refractivity contribution in [3.05, 3.63) is 54.4 Å². The van der Waals surface area contributed by atoms with Gasteiger partial charge in [-0.2, -0.15) is 0 Å². The summed E-state index contributed by atoms with van der Waals surface area (Å²) in [6.45, 7) is 7.91. The summed E-state index contributed by atoms with van der Waals surface area (Å²) >= 11 is 0. The minimum absolute atomic E-state index is 0.124. The molecule has 0 unspecified atom stereocenters. The van der Waals surface area contributed by atoms with Gasteiger partial charge in [0, 0.05) is 55.7 Å². The molecule has 1 aromatic carbocycles. The third-order valence-electron chi connectivity index (χ3n) is 4.44. The number of rotatable bonds is 3. The van der Waals surface area contributed by atoms with Crippen molar-refractivity contribution in [2.24, 2.45) is 0 Å². The van der Waals surface area contributed by atoms with E-state index in [1.165, 1.54) is 0 Å². The summed E-state index contributed by atoms with van der Waals surface area (Å²) < 4.78 is 0. The van der Waals surface area contributed by atoms with Gasteiger partial charge in [-0.3, -0.25) is 14.7 Å². The topological polar surface area (TPSA) is 36.4 Å². The molecule has 0 bridgehead atoms. The Hall–Kier alpha value is -2.20. The Morgan fingerprint density at radius 3 is 2.43 bits per heavy atom. The lowest BCUT2D eigenvalue weighted by Crippen LogP contribution is -2.50. The largest absolute Gasteiger partial charge is 0.336 e. The Labute approximate surface area is 137 Å². The van der Waals surface area contributed by atoms with Crippen molar-refractivity contribution in [3.63, 3.8) is 0 Å². The molecule has 0 aliphatic carbocycles. The van der Waals surface area contributed by atoms with Gasteiger partial charge in [0.2, 0.25) is 0 Å². The Kier molecular flexibility index (Phi) is 4.72. The molecule has 23 heavy (non-hydrogen) atoms. The molecule has 3 rings (SSSR count). The van der Waals surface area contributed by atoms with E-state index >= 15 is 0 Å². The molecule has 0 spiro atoms. The maximum Gasteiger partial charge on any atom is 0.253 e. The van der Waals surface area contributed by atoms with Crippen LogP contribution in [0.1, 0.15) is 24.2 Å². The predicted molar refractivity (Wildman–Crippen MR) is 92.3 cm³/mol. The van der Waals surface area contributed by atoms with Gasteiger partial charge in [-0.25, -0.2) is 0 Å². The van der Waals surface area contributed by atoms with Gasteiger partial charge in [-0.15, -0.1) is 0 Å². The highest BCUT2D eigenvalue weighted by Gasteiger charge is 2.23. The van der Waals surface area contributed by atoms with Crippen molar-refractivity contribution in [1.29, 1.82) is 0 Å². The molecule has 4 nitrogen and oxygen atoms in total. The number of pyridine rings is 1. The number of aromatic nitrogens is 1. The van der Waals surface area contributed by atoms with Gasteiger partial charge in [0.15, 0.2) is 0 Å². The quantitative estimate of drug-likeness (QED) is 0.875. The highest BCUT2D eigenvalue weighted by Crippen LogP contribution is 2.20. The molecular formula is C19H23N3O. The van der Waals surface area contributed by atoms with E-state index in [1.54, 1.807) is 6.20 Å². The number of amides is 1. The molecule has 1 fully saturated rings. The van der Waals surface area contributed by atoms with E-state index < -0.39 is 0 Å². The molecule has 1 amide bonds. The number of hydrogen-bond acceptors (Lipinski definition) is 3. The van der Waals surface area contributed by atoms with Gasteiger partial charge in [0.05, 0.1) is 0 Å². The van der Waals surface area contributed by atoms with Crippen LogP contribution in [0.5, 0.6) is 0 Å². The van der Waals surface area contributed by atoms with E-state index in [-0.39, 0.29) is 5.91 Å². The van der Waals surface area contributed by atoms with Crippen molar-refractivity contribution in [1.82, 2.24) is 14.8 Å². The number of hydrogen-bond donors (Lipinski definition) is 0. The number of piperazine rings is 1. The molecule has 0 radical (unpaired) electrons. The summed E-state index contributed by atoms with van der Waals surface area (Å²) in [5, 5.41) is 0. The van der Waals surface area contributed by atoms with Gasteiger partial charge >= 0.3 is 0 Å². The number of carbonyl (C=O) groups excluding carboxylic acids is 1. The lowest BCUT2D eigenvalue weighted by Gasteiger charge is -2.37. The molecule has 2 heterocycles. The lowest BCUT2D eigenvalue weighted by molar-refractivity contribution is 0.0595. The summed E-state index contributed by atoms with van der Waals surface area (Å²) in [5.41, 5.74) is 2.82. The zero-order chi connectivity index (χ0) is 16.2. The number of carbonyl (C=O) groups is 1. The van der Waals surface area contributed by atoms with Crippen LogP contribution in [0.3, 0.4) is 0 Å². The fourth-order valence-electron chi connectivity index (χ4n) is 2.99. The molecule has 2 aromatic rings. The van der Waals surface area contributed by atoms with Crippen LogP contribution < -0.4 is 0 Å². The summed E-state index contributed by atoms with van der Waals surface area (Å²) in [6, 6.07) is 12.3. The minimum atomic E-state index is 0.124. The first kappa shape index (κ1) is 15.7. The summed E-state index contributed by atoms with van der Waals surface area (Å²) in [4.78, 5) is 21.3. The zero-order valence-electron chi connectivity index (χ0n) is 13.8. The van der Waals surface area contributed by atoms with Crippen molar-refractivity contribution in [3.8, 4) is 11.1 Å². The second-order valence-corrected chi connectivity index (χ2v) is 6.24. The van der Waals surface area contributed by atoms with Gasteiger partial charge in [-0.05, 0) is 37.6 Å². The molecule has 1 saturated heterocycles. The standard InChI is InChI=1S/C19H23N3O/c1-15(2)21-9-11-22(12-10-21)19(23)17-6-3-5-16(13-17)18-7-4-8-20-14-18/h3-8,13-15H,9-12H2,1-2H3. The van der Waals surface area contributed by atoms with Gasteiger partial charge < -0.3 is 4.90 Å². The molecule has 4 heteroatoms. The van der Waals surface area contributed by atoms with Crippen LogP contribution in [0.15, 0.2) is 48.8 Å². The fourth-order valence-corrected chi connectivity index (χ4v) is 2.99. The maximum absolute atomic E-state index is 12.8. The molecule has 0 N–H and O–H groups in total. The summed E-state index contributed by atoms with van der Waals surface area (Å²) in [6.07, 6.45) is 3.58. The lowest BCUT2D eigenvalue weighted by atomic mass is 10.0. The first-order valence-corrected chi connectivity index (χ1v) is 8.19. The number of benzene rings is 1. The van der Waals surface area contributed by atoms with Crippen LogP contribution >= 0.6 is 0 Å². The first-order valence-electron chi connectivity index (χ1n) is 8.19. The van der Waals surface area contributed by atoms with E-state index in [2.05, 4.69) is 23.7 Å². The average molecular weight is 309 g/mol. The monoisotopic (exact) mass is 309 g/mol. The maximum atomic E-state index is 12.8. The third-order valence-corrected chi connectivity index (χ3v) is 4.44. The van der Waals surface area contributed by atoms with E-state index in [0.717, 1.165) is 42.9 Å². The van der Waals surface area contributed by atoms with Crippen LogP contribution in [0.25, 0.3) is 11.1 Å². The Morgan fingerprint density at radius 2 is 1.78 bits per heavy atom. The molecule has 120 valence electrons. The van der Waals surface area contributed by atoms with Crippen LogP contribution in [-0.4, -0.2) is 52.9 Å². The first-order chi connectivity index (χ1) is 11.1. The van der Waals surface area contributed by atoms with Crippen LogP contribution in [0.4, 0.5) is 0 Å². The van der Waals surface area contributed by atoms with Crippen LogP contribution in [0, 0.1) is 0 Å². The molecular weight excluding hydrogens is 286 g/mol. The van der Waals surface area contributed by atoms with Gasteiger partial charge in [0.1, 0.15) is 0 Å². The van der Waals surface area contributed by atoms with Gasteiger partial charge in [0.25, 0.3) is 5.91 Å². The van der Waals surface area contributed by atoms with Crippen molar-refractivity contribution in [2.45, 2.75) is 19.9 Å². The Morgan fingerprint density at radius 1 is 1.04 bits per heavy atom. The summed E-state index contributed by atoms with van der Waals surface area (Å²) in [5.74, 6) is 0.124. The molecule has 1 aromatic heterocycles. The SMILES string of the molecule is CC(C)N1CCN(C(=O)c2cccc(-c3cccnc3)c2)CC1. The van der Waals surface area contributed by atoms with E-state index in [1.807, 2.05) is 47.5 Å². The second kappa shape index (κ2) is 6.92. The average Bonchev–Trinajstić information content (AvgIpc) is 2.62. The molecule has 1 aliphatic heterocycles. The minimum Gasteiger partial charge on any atom is -0.336 e. The van der Waals surface area contributed by atoms with Crippen LogP contribution in [0.2, 0.25) is 0 Å². The number of nitrogens with zero attached hydrogens (tertiary/aromatic N) is 3. The third kappa shape index (κ3) is 3.59. The second-order valence-electron chi connectivity index (χ2n) is 6.24. The summed E-state index contributed by atoms with van der Waals surface area (Å²) in [7, 11) is 0. The van der Waals surface area contributed by atoms with Crippen molar-refractivity contribution in [2.75, 3.05) is 26.2 Å². The smallest absolute Gasteiger partial charge is 0.253 e. The zero-order valence-corrected chi connectivity index (χ0v) is 13.8. The van der Waals surface area contributed by atoms with Crippen molar-refractivity contribution >= 4 is 5.91 Å². The van der Waals surface area contributed by atoms with E-state index in [0.29, 0.717) is 6.04 Å². The van der Waals surface area contributed by atoms with E-state index in [4.69, 9.17) is 0 Å². The van der Waals surface area contributed by atoms with Crippen molar-refractivity contribution < 1.29 is 4.79 Å². The molecule has 0 saturated carbocycles.